The van der Waals surface area contributed by atoms with E-state index in [0.717, 1.165) is 67.1 Å². The second-order valence-electron chi connectivity index (χ2n) is 11.7. The van der Waals surface area contributed by atoms with Gasteiger partial charge in [-0.1, -0.05) is 0 Å². The Morgan fingerprint density at radius 2 is 1.86 bits per heavy atom. The largest absolute Gasteiger partial charge is 0.474 e. The van der Waals surface area contributed by atoms with Crippen LogP contribution >= 0.6 is 0 Å². The van der Waals surface area contributed by atoms with Crippen LogP contribution in [0.3, 0.4) is 0 Å². The first kappa shape index (κ1) is 27.3. The highest BCUT2D eigenvalue weighted by Gasteiger charge is 2.37. The van der Waals surface area contributed by atoms with Crippen molar-refractivity contribution in [2.45, 2.75) is 69.1 Å². The molecule has 3 aliphatic rings. The summed E-state index contributed by atoms with van der Waals surface area (Å²) in [5.74, 6) is 0.0297. The number of hydrogen-bond donors (Lipinski definition) is 2. The van der Waals surface area contributed by atoms with Crippen LogP contribution in [-0.2, 0) is 12.7 Å². The first-order chi connectivity index (χ1) is 20.3. The van der Waals surface area contributed by atoms with Gasteiger partial charge in [0.05, 0.1) is 24.0 Å². The maximum atomic E-state index is 13.6. The average molecular weight is 583 g/mol. The zero-order valence-corrected chi connectivity index (χ0v) is 23.0. The van der Waals surface area contributed by atoms with Gasteiger partial charge in [-0.2, -0.15) is 18.3 Å². The van der Waals surface area contributed by atoms with Gasteiger partial charge < -0.3 is 14.8 Å². The van der Waals surface area contributed by atoms with E-state index in [1.165, 1.54) is 0 Å². The van der Waals surface area contributed by atoms with Gasteiger partial charge >= 0.3 is 6.18 Å². The van der Waals surface area contributed by atoms with Crippen molar-refractivity contribution < 1.29 is 23.0 Å². The third kappa shape index (κ3) is 5.60. The summed E-state index contributed by atoms with van der Waals surface area (Å²) in [5.41, 5.74) is 2.19. The molecule has 2 saturated heterocycles. The SMILES string of the molecule is O[C@@H]1CCN(Cc2cc(OC3CCC(N4CC(n5cc(-c6ncnc7[nH]ccc67)cn5)C4)CC3)nc(C(F)(F)F)c2)C1. The molecule has 0 aromatic carbocycles. The highest BCUT2D eigenvalue weighted by atomic mass is 19.4. The third-order valence-electron chi connectivity index (χ3n) is 8.75. The summed E-state index contributed by atoms with van der Waals surface area (Å²) in [5, 5.41) is 15.4. The molecule has 0 amide bonds. The molecule has 10 nitrogen and oxygen atoms in total. The predicted octanol–water partition coefficient (Wildman–Crippen LogP) is 4.05. The molecule has 42 heavy (non-hydrogen) atoms. The molecule has 1 atom stereocenters. The molecule has 1 aliphatic carbocycles. The molecule has 4 aromatic heterocycles. The van der Waals surface area contributed by atoms with Crippen molar-refractivity contribution in [2.75, 3.05) is 26.2 Å². The fourth-order valence-corrected chi connectivity index (χ4v) is 6.48. The number of H-pyrrole nitrogens is 1. The molecular formula is C29H33F3N8O2. The zero-order valence-electron chi connectivity index (χ0n) is 23.0. The number of rotatable bonds is 7. The Hall–Kier alpha value is -3.55. The minimum atomic E-state index is -4.55. The minimum absolute atomic E-state index is 0.0297. The Labute approximate surface area is 240 Å². The molecule has 0 bridgehead atoms. The van der Waals surface area contributed by atoms with Gasteiger partial charge in [0.15, 0.2) is 0 Å². The van der Waals surface area contributed by atoms with Gasteiger partial charge in [0.2, 0.25) is 5.88 Å². The summed E-state index contributed by atoms with van der Waals surface area (Å²) >= 11 is 0. The molecule has 0 unspecified atom stereocenters. The van der Waals surface area contributed by atoms with Gasteiger partial charge in [0.1, 0.15) is 23.8 Å². The van der Waals surface area contributed by atoms with E-state index in [-0.39, 0.29) is 12.0 Å². The van der Waals surface area contributed by atoms with Crippen LogP contribution in [-0.4, -0.2) is 89.1 Å². The van der Waals surface area contributed by atoms with Crippen LogP contribution in [0.5, 0.6) is 5.88 Å². The second kappa shape index (κ2) is 10.9. The number of likely N-dealkylation sites (tertiary alicyclic amines) is 2. The Bertz CT molecular complexity index is 1540. The number of nitrogens with zero attached hydrogens (tertiary/aromatic N) is 7. The number of aliphatic hydroxyl groups is 1. The molecule has 2 N–H and O–H groups in total. The average Bonchev–Trinajstić information content (AvgIpc) is 3.70. The van der Waals surface area contributed by atoms with E-state index >= 15 is 0 Å². The highest BCUT2D eigenvalue weighted by molar-refractivity contribution is 5.89. The van der Waals surface area contributed by atoms with E-state index < -0.39 is 18.0 Å². The standard InChI is InChI=1S/C29H33F3N8O2/c30-29(31,32)25-9-18(12-38-8-6-22(41)16-38)10-26(37-25)42-23-3-1-20(2-4-23)39-14-21(15-39)40-13-19(11-36-40)27-24-5-7-33-28(24)35-17-34-27/h5,7,9-11,13,17,20-23,41H,1-4,6,8,12,14-16H2,(H,33,34,35)/t20?,22-,23?/m1/s1. The fraction of sp³-hybridized carbons (Fsp3) is 0.517. The molecule has 1 saturated carbocycles. The van der Waals surface area contributed by atoms with E-state index in [9.17, 15) is 18.3 Å². The summed E-state index contributed by atoms with van der Waals surface area (Å²) in [6.07, 6.45) is 6.16. The maximum absolute atomic E-state index is 13.6. The summed E-state index contributed by atoms with van der Waals surface area (Å²) in [4.78, 5) is 20.1. The van der Waals surface area contributed by atoms with Crippen LogP contribution in [0, 0.1) is 0 Å². The predicted molar refractivity (Wildman–Crippen MR) is 148 cm³/mol. The van der Waals surface area contributed by atoms with Crippen LogP contribution in [0.4, 0.5) is 13.2 Å². The molecular weight excluding hydrogens is 549 g/mol. The van der Waals surface area contributed by atoms with Crippen molar-refractivity contribution in [3.63, 3.8) is 0 Å². The molecule has 6 heterocycles. The van der Waals surface area contributed by atoms with Crippen LogP contribution < -0.4 is 4.74 Å². The summed E-state index contributed by atoms with van der Waals surface area (Å²) in [6, 6.07) is 5.39. The lowest BCUT2D eigenvalue weighted by Crippen LogP contribution is -2.54. The summed E-state index contributed by atoms with van der Waals surface area (Å²) in [6.45, 7) is 3.26. The van der Waals surface area contributed by atoms with Crippen molar-refractivity contribution in [1.29, 1.82) is 0 Å². The number of aromatic amines is 1. The number of halogens is 3. The van der Waals surface area contributed by atoms with E-state index in [0.29, 0.717) is 43.7 Å². The van der Waals surface area contributed by atoms with Gasteiger partial charge in [-0.3, -0.25) is 14.5 Å². The molecule has 7 rings (SSSR count). The maximum Gasteiger partial charge on any atom is 0.433 e. The Balaban J connectivity index is 0.934. The number of pyridine rings is 1. The third-order valence-corrected chi connectivity index (χ3v) is 8.75. The second-order valence-corrected chi connectivity index (χ2v) is 11.7. The van der Waals surface area contributed by atoms with E-state index in [1.807, 2.05) is 34.2 Å². The number of aromatic nitrogens is 6. The normalized spacial score (nSPS) is 24.3. The van der Waals surface area contributed by atoms with E-state index in [2.05, 4.69) is 29.9 Å². The van der Waals surface area contributed by atoms with Gasteiger partial charge in [-0.05, 0) is 49.8 Å². The Kier molecular flexibility index (Phi) is 7.11. The van der Waals surface area contributed by atoms with Crippen LogP contribution in [0.2, 0.25) is 0 Å². The Morgan fingerprint density at radius 1 is 1.02 bits per heavy atom. The van der Waals surface area contributed by atoms with Crippen LogP contribution in [0.25, 0.3) is 22.3 Å². The van der Waals surface area contributed by atoms with E-state index in [1.54, 1.807) is 12.4 Å². The zero-order chi connectivity index (χ0) is 28.8. The van der Waals surface area contributed by atoms with Crippen molar-refractivity contribution in [3.05, 3.63) is 54.4 Å². The molecule has 13 heteroatoms. The molecule has 0 radical (unpaired) electrons. The van der Waals surface area contributed by atoms with Crippen LogP contribution in [0.15, 0.2) is 43.1 Å². The van der Waals surface area contributed by atoms with Crippen molar-refractivity contribution in [1.82, 2.24) is 39.5 Å². The fourth-order valence-electron chi connectivity index (χ4n) is 6.48. The number of nitrogens with one attached hydrogen (secondary N) is 1. The molecule has 2 aliphatic heterocycles. The number of aliphatic hydroxyl groups excluding tert-OH is 1. The number of ether oxygens (including phenoxy) is 1. The van der Waals surface area contributed by atoms with E-state index in [4.69, 9.17) is 4.74 Å². The quantitative estimate of drug-likeness (QED) is 0.336. The first-order valence-corrected chi connectivity index (χ1v) is 14.5. The lowest BCUT2D eigenvalue weighted by atomic mass is 9.89. The van der Waals surface area contributed by atoms with Gasteiger partial charge in [0, 0.05) is 68.2 Å². The van der Waals surface area contributed by atoms with Crippen molar-refractivity contribution in [2.24, 2.45) is 0 Å². The monoisotopic (exact) mass is 582 g/mol. The molecule has 0 spiro atoms. The Morgan fingerprint density at radius 3 is 2.62 bits per heavy atom. The molecule has 4 aromatic rings. The topological polar surface area (TPSA) is 108 Å². The number of hydrogen-bond acceptors (Lipinski definition) is 8. The number of alkyl halides is 3. The molecule has 3 fully saturated rings. The van der Waals surface area contributed by atoms with Crippen LogP contribution in [0.1, 0.15) is 49.4 Å². The van der Waals surface area contributed by atoms with Crippen molar-refractivity contribution >= 4 is 11.0 Å². The summed E-state index contributed by atoms with van der Waals surface area (Å²) in [7, 11) is 0. The summed E-state index contributed by atoms with van der Waals surface area (Å²) < 4.78 is 48.8. The smallest absolute Gasteiger partial charge is 0.433 e. The van der Waals surface area contributed by atoms with Gasteiger partial charge in [0.25, 0.3) is 0 Å². The number of β-amino-alcohol motifs (C(OH)–C–C–N with tert-alkyl or cyclic N) is 1. The highest BCUT2D eigenvalue weighted by Crippen LogP contribution is 2.35. The lowest BCUT2D eigenvalue weighted by Gasteiger charge is -2.46. The molecule has 222 valence electrons. The minimum Gasteiger partial charge on any atom is -0.474 e. The first-order valence-electron chi connectivity index (χ1n) is 14.5. The van der Waals surface area contributed by atoms with Crippen molar-refractivity contribution in [3.8, 4) is 17.1 Å². The van der Waals surface area contributed by atoms with Gasteiger partial charge in [-0.15, -0.1) is 0 Å². The number of fused-ring (bicyclic) bond motifs is 1. The lowest BCUT2D eigenvalue weighted by molar-refractivity contribution is -0.141. The van der Waals surface area contributed by atoms with Gasteiger partial charge in [-0.25, -0.2) is 15.0 Å².